The molecule has 0 fully saturated rings. The monoisotopic (exact) mass is 256 g/mol. The zero-order valence-electron chi connectivity index (χ0n) is 10.6. The van der Waals surface area contributed by atoms with Crippen molar-refractivity contribution in [3.05, 3.63) is 52.4 Å². The molecule has 0 saturated heterocycles. The van der Waals surface area contributed by atoms with E-state index in [0.717, 1.165) is 5.56 Å². The highest BCUT2D eigenvalue weighted by Gasteiger charge is 2.18. The van der Waals surface area contributed by atoms with Crippen LogP contribution in [0.25, 0.3) is 0 Å². The van der Waals surface area contributed by atoms with Crippen LogP contribution in [-0.2, 0) is 11.3 Å². The zero-order valence-corrected chi connectivity index (χ0v) is 10.6. The summed E-state index contributed by atoms with van der Waals surface area (Å²) in [6.07, 6.45) is 0. The second-order valence-electron chi connectivity index (χ2n) is 4.09. The van der Waals surface area contributed by atoms with Gasteiger partial charge in [-0.1, -0.05) is 17.3 Å². The topological polar surface area (TPSA) is 76.1 Å². The number of hydrogen-bond donors (Lipinski definition) is 0. The first-order valence-electron chi connectivity index (χ1n) is 5.71. The molecule has 0 aliphatic carbocycles. The Labute approximate surface area is 110 Å². The first-order valence-corrected chi connectivity index (χ1v) is 5.71. The van der Waals surface area contributed by atoms with Crippen LogP contribution in [0.15, 0.2) is 28.8 Å². The van der Waals surface area contributed by atoms with E-state index in [1.165, 1.54) is 0 Å². The van der Waals surface area contributed by atoms with Crippen LogP contribution in [0.2, 0.25) is 0 Å². The van der Waals surface area contributed by atoms with Crippen molar-refractivity contribution >= 4 is 5.97 Å². The number of carbonyl (C=O) groups is 1. The van der Waals surface area contributed by atoms with Gasteiger partial charge in [0.25, 0.3) is 0 Å². The first kappa shape index (κ1) is 12.8. The summed E-state index contributed by atoms with van der Waals surface area (Å²) in [5.41, 5.74) is 2.16. The van der Waals surface area contributed by atoms with Gasteiger partial charge in [0, 0.05) is 0 Å². The predicted octanol–water partition coefficient (Wildman–Crippen LogP) is 2.52. The number of hydrogen-bond acceptors (Lipinski definition) is 5. The Kier molecular flexibility index (Phi) is 3.62. The van der Waals surface area contributed by atoms with Gasteiger partial charge >= 0.3 is 5.97 Å². The molecule has 2 aromatic rings. The van der Waals surface area contributed by atoms with Gasteiger partial charge in [-0.3, -0.25) is 0 Å². The number of aromatic nitrogens is 1. The van der Waals surface area contributed by atoms with Crippen molar-refractivity contribution in [1.82, 2.24) is 5.16 Å². The Morgan fingerprint density at radius 1 is 1.47 bits per heavy atom. The summed E-state index contributed by atoms with van der Waals surface area (Å²) in [6, 6.07) is 8.95. The van der Waals surface area contributed by atoms with Gasteiger partial charge in [0.05, 0.1) is 17.3 Å². The van der Waals surface area contributed by atoms with Crippen molar-refractivity contribution in [3.8, 4) is 6.07 Å². The Morgan fingerprint density at radius 3 is 2.89 bits per heavy atom. The predicted molar refractivity (Wildman–Crippen MR) is 66.3 cm³/mol. The average molecular weight is 256 g/mol. The van der Waals surface area contributed by atoms with Crippen LogP contribution >= 0.6 is 0 Å². The molecule has 0 saturated carbocycles. The SMILES string of the molecule is Cc1noc(C)c1C(=O)OCc1cccc(C#N)c1. The van der Waals surface area contributed by atoms with Crippen LogP contribution in [0, 0.1) is 25.2 Å². The lowest BCUT2D eigenvalue weighted by molar-refractivity contribution is 0.0470. The summed E-state index contributed by atoms with van der Waals surface area (Å²) in [6.45, 7) is 3.45. The summed E-state index contributed by atoms with van der Waals surface area (Å²) in [7, 11) is 0. The van der Waals surface area contributed by atoms with Gasteiger partial charge in [-0.05, 0) is 31.5 Å². The lowest BCUT2D eigenvalue weighted by Crippen LogP contribution is -2.07. The number of aryl methyl sites for hydroxylation is 2. The van der Waals surface area contributed by atoms with Crippen LogP contribution in [0.3, 0.4) is 0 Å². The van der Waals surface area contributed by atoms with Gasteiger partial charge in [0.1, 0.15) is 17.9 Å². The number of nitrogens with zero attached hydrogens (tertiary/aromatic N) is 2. The highest BCUT2D eigenvalue weighted by atomic mass is 16.5. The molecule has 1 aromatic carbocycles. The second-order valence-corrected chi connectivity index (χ2v) is 4.09. The second kappa shape index (κ2) is 5.36. The molecule has 5 heteroatoms. The molecular weight excluding hydrogens is 244 g/mol. The number of rotatable bonds is 3. The van der Waals surface area contributed by atoms with Crippen molar-refractivity contribution in [2.45, 2.75) is 20.5 Å². The molecular formula is C14H12N2O3. The smallest absolute Gasteiger partial charge is 0.344 e. The van der Waals surface area contributed by atoms with E-state index in [1.807, 2.05) is 6.07 Å². The van der Waals surface area contributed by atoms with Crippen LogP contribution in [0.4, 0.5) is 0 Å². The summed E-state index contributed by atoms with van der Waals surface area (Å²) in [5.74, 6) is -0.0353. The van der Waals surface area contributed by atoms with E-state index < -0.39 is 5.97 Å². The minimum absolute atomic E-state index is 0.110. The maximum atomic E-state index is 11.9. The van der Waals surface area contributed by atoms with Crippen molar-refractivity contribution in [1.29, 1.82) is 5.26 Å². The third-order valence-electron chi connectivity index (χ3n) is 2.66. The first-order chi connectivity index (χ1) is 9.11. The summed E-state index contributed by atoms with van der Waals surface area (Å²) >= 11 is 0. The van der Waals surface area contributed by atoms with E-state index in [1.54, 1.807) is 38.1 Å². The van der Waals surface area contributed by atoms with Gasteiger partial charge in [0.15, 0.2) is 0 Å². The van der Waals surface area contributed by atoms with E-state index in [-0.39, 0.29) is 6.61 Å². The minimum Gasteiger partial charge on any atom is -0.457 e. The molecule has 1 heterocycles. The molecule has 0 unspecified atom stereocenters. The van der Waals surface area contributed by atoms with Crippen molar-refractivity contribution in [2.24, 2.45) is 0 Å². The zero-order chi connectivity index (χ0) is 13.8. The maximum absolute atomic E-state index is 11.9. The van der Waals surface area contributed by atoms with E-state index in [4.69, 9.17) is 14.5 Å². The van der Waals surface area contributed by atoms with E-state index >= 15 is 0 Å². The van der Waals surface area contributed by atoms with Crippen LogP contribution < -0.4 is 0 Å². The van der Waals surface area contributed by atoms with Gasteiger partial charge in [-0.25, -0.2) is 4.79 Å². The third kappa shape index (κ3) is 2.80. The van der Waals surface area contributed by atoms with E-state index in [0.29, 0.717) is 22.6 Å². The molecule has 0 amide bonds. The van der Waals surface area contributed by atoms with Gasteiger partial charge in [0.2, 0.25) is 0 Å². The average Bonchev–Trinajstić information content (AvgIpc) is 2.76. The lowest BCUT2D eigenvalue weighted by Gasteiger charge is -2.04. The normalized spacial score (nSPS) is 9.95. The van der Waals surface area contributed by atoms with Crippen LogP contribution in [-0.4, -0.2) is 11.1 Å². The Bertz CT molecular complexity index is 633. The summed E-state index contributed by atoms with van der Waals surface area (Å²) < 4.78 is 10.1. The van der Waals surface area contributed by atoms with E-state index in [9.17, 15) is 4.79 Å². The maximum Gasteiger partial charge on any atom is 0.344 e. The molecule has 1 aromatic heterocycles. The Hall–Kier alpha value is -2.61. The van der Waals surface area contributed by atoms with Crippen LogP contribution in [0.1, 0.15) is 32.9 Å². The number of esters is 1. The molecule has 0 bridgehead atoms. The third-order valence-corrected chi connectivity index (χ3v) is 2.66. The molecule has 2 rings (SSSR count). The number of benzene rings is 1. The molecule has 5 nitrogen and oxygen atoms in total. The molecule has 0 spiro atoms. The number of ether oxygens (including phenoxy) is 1. The Morgan fingerprint density at radius 2 is 2.26 bits per heavy atom. The highest BCUT2D eigenvalue weighted by Crippen LogP contribution is 2.15. The molecule has 96 valence electrons. The molecule has 19 heavy (non-hydrogen) atoms. The lowest BCUT2D eigenvalue weighted by atomic mass is 10.1. The largest absolute Gasteiger partial charge is 0.457 e. The minimum atomic E-state index is -0.474. The van der Waals surface area contributed by atoms with Crippen molar-refractivity contribution < 1.29 is 14.1 Å². The summed E-state index contributed by atoms with van der Waals surface area (Å²) in [4.78, 5) is 11.9. The van der Waals surface area contributed by atoms with Gasteiger partial charge in [-0.15, -0.1) is 0 Å². The fourth-order valence-corrected chi connectivity index (χ4v) is 1.73. The van der Waals surface area contributed by atoms with E-state index in [2.05, 4.69) is 5.16 Å². The van der Waals surface area contributed by atoms with Crippen molar-refractivity contribution in [2.75, 3.05) is 0 Å². The molecule has 0 aliphatic heterocycles. The summed E-state index contributed by atoms with van der Waals surface area (Å²) in [5, 5.41) is 12.5. The standard InChI is InChI=1S/C14H12N2O3/c1-9-13(10(2)19-16-9)14(17)18-8-12-5-3-4-11(6-12)7-15/h3-6H,8H2,1-2H3. The quantitative estimate of drug-likeness (QED) is 0.788. The van der Waals surface area contributed by atoms with Crippen LogP contribution in [0.5, 0.6) is 0 Å². The molecule has 0 radical (unpaired) electrons. The number of carbonyl (C=O) groups excluding carboxylic acids is 1. The molecule has 0 aliphatic rings. The fourth-order valence-electron chi connectivity index (χ4n) is 1.73. The Balaban J connectivity index is 2.07. The fraction of sp³-hybridized carbons (Fsp3) is 0.214. The van der Waals surface area contributed by atoms with Gasteiger partial charge in [-0.2, -0.15) is 5.26 Å². The molecule has 0 atom stereocenters. The van der Waals surface area contributed by atoms with Crippen molar-refractivity contribution in [3.63, 3.8) is 0 Å². The highest BCUT2D eigenvalue weighted by molar-refractivity contribution is 5.91. The number of nitriles is 1. The van der Waals surface area contributed by atoms with Gasteiger partial charge < -0.3 is 9.26 Å². The molecule has 0 N–H and O–H groups in total.